The highest BCUT2D eigenvalue weighted by atomic mass is 79.9. The van der Waals surface area contributed by atoms with E-state index in [0.29, 0.717) is 12.6 Å². The molecule has 0 atom stereocenters. The van der Waals surface area contributed by atoms with Crippen LogP contribution in [0.3, 0.4) is 0 Å². The Bertz CT molecular complexity index is 550. The van der Waals surface area contributed by atoms with Crippen LogP contribution in [0.25, 0.3) is 11.4 Å². The lowest BCUT2D eigenvalue weighted by atomic mass is 10.2. The highest BCUT2D eigenvalue weighted by Crippen LogP contribution is 2.32. The summed E-state index contributed by atoms with van der Waals surface area (Å²) in [5.41, 5.74) is 2.70. The monoisotopic (exact) mass is 279 g/mol. The van der Waals surface area contributed by atoms with E-state index in [2.05, 4.69) is 25.9 Å². The Kier molecular flexibility index (Phi) is 2.21. The van der Waals surface area contributed by atoms with Gasteiger partial charge in [0.1, 0.15) is 16.9 Å². The number of ether oxygens (including phenoxy) is 1. The van der Waals surface area contributed by atoms with Crippen molar-refractivity contribution in [3.8, 4) is 17.4 Å². The van der Waals surface area contributed by atoms with Crippen LogP contribution in [-0.4, -0.2) is 21.1 Å². The van der Waals surface area contributed by atoms with Gasteiger partial charge in [-0.05, 0) is 35.0 Å². The number of hydrogen-bond acceptors (Lipinski definition) is 3. The SMILES string of the molecule is Cc1cccc(-c2nc3n(c2Br)CCO3)n1. The number of fused-ring (bicyclic) bond motifs is 1. The minimum Gasteiger partial charge on any atom is -0.463 e. The lowest BCUT2D eigenvalue weighted by Gasteiger charge is -2.00. The second-order valence-electron chi connectivity index (χ2n) is 3.70. The van der Waals surface area contributed by atoms with E-state index < -0.39 is 0 Å². The van der Waals surface area contributed by atoms with Crippen molar-refractivity contribution in [2.75, 3.05) is 6.61 Å². The third-order valence-corrected chi connectivity index (χ3v) is 3.35. The maximum Gasteiger partial charge on any atom is 0.298 e. The summed E-state index contributed by atoms with van der Waals surface area (Å²) in [6, 6.07) is 6.58. The number of hydrogen-bond donors (Lipinski definition) is 0. The molecule has 0 N–H and O–H groups in total. The van der Waals surface area contributed by atoms with E-state index in [1.807, 2.05) is 29.7 Å². The van der Waals surface area contributed by atoms with Gasteiger partial charge in [0.15, 0.2) is 0 Å². The number of rotatable bonds is 1. The van der Waals surface area contributed by atoms with Gasteiger partial charge in [0.05, 0.1) is 12.2 Å². The summed E-state index contributed by atoms with van der Waals surface area (Å²) in [6.45, 7) is 3.51. The van der Waals surface area contributed by atoms with Gasteiger partial charge in [0.2, 0.25) is 0 Å². The first-order valence-corrected chi connectivity index (χ1v) is 5.88. The van der Waals surface area contributed by atoms with Crippen LogP contribution in [0, 0.1) is 6.92 Å². The van der Waals surface area contributed by atoms with Gasteiger partial charge in [-0.1, -0.05) is 6.07 Å². The summed E-state index contributed by atoms with van der Waals surface area (Å²) < 4.78 is 8.36. The topological polar surface area (TPSA) is 39.9 Å². The van der Waals surface area contributed by atoms with Crippen LogP contribution >= 0.6 is 15.9 Å². The van der Waals surface area contributed by atoms with Crippen LogP contribution in [0.2, 0.25) is 0 Å². The number of pyridine rings is 1. The van der Waals surface area contributed by atoms with Crippen molar-refractivity contribution < 1.29 is 4.74 Å². The fourth-order valence-electron chi connectivity index (χ4n) is 1.78. The minimum absolute atomic E-state index is 0.671. The van der Waals surface area contributed by atoms with E-state index >= 15 is 0 Å². The summed E-state index contributed by atoms with van der Waals surface area (Å²) in [6.07, 6.45) is 0. The Labute approximate surface area is 101 Å². The average Bonchev–Trinajstić information content (AvgIpc) is 2.82. The fraction of sp³-hybridized carbons (Fsp3) is 0.273. The molecule has 0 spiro atoms. The third kappa shape index (κ3) is 1.43. The van der Waals surface area contributed by atoms with Gasteiger partial charge in [-0.15, -0.1) is 0 Å². The molecular weight excluding hydrogens is 270 g/mol. The molecule has 0 saturated heterocycles. The maximum absolute atomic E-state index is 5.41. The highest BCUT2D eigenvalue weighted by molar-refractivity contribution is 9.10. The van der Waals surface area contributed by atoms with Gasteiger partial charge in [-0.25, -0.2) is 0 Å². The maximum atomic E-state index is 5.41. The lowest BCUT2D eigenvalue weighted by molar-refractivity contribution is 0.345. The van der Waals surface area contributed by atoms with Crippen molar-refractivity contribution in [1.82, 2.24) is 14.5 Å². The van der Waals surface area contributed by atoms with Gasteiger partial charge >= 0.3 is 0 Å². The van der Waals surface area contributed by atoms with Gasteiger partial charge in [-0.2, -0.15) is 4.98 Å². The van der Waals surface area contributed by atoms with E-state index in [-0.39, 0.29) is 0 Å². The number of aromatic nitrogens is 3. The van der Waals surface area contributed by atoms with E-state index in [0.717, 1.165) is 28.2 Å². The van der Waals surface area contributed by atoms with Crippen LogP contribution < -0.4 is 4.74 Å². The molecule has 0 fully saturated rings. The number of halogens is 1. The highest BCUT2D eigenvalue weighted by Gasteiger charge is 2.22. The van der Waals surface area contributed by atoms with Crippen LogP contribution in [0.1, 0.15) is 5.69 Å². The van der Waals surface area contributed by atoms with Gasteiger partial charge in [-0.3, -0.25) is 9.55 Å². The Morgan fingerprint density at radius 1 is 1.38 bits per heavy atom. The quantitative estimate of drug-likeness (QED) is 0.805. The van der Waals surface area contributed by atoms with Crippen LogP contribution in [0.15, 0.2) is 22.8 Å². The molecule has 4 nitrogen and oxygen atoms in total. The Morgan fingerprint density at radius 2 is 2.25 bits per heavy atom. The summed E-state index contributed by atoms with van der Waals surface area (Å²) in [5.74, 6) is 0. The van der Waals surface area contributed by atoms with E-state index in [4.69, 9.17) is 4.74 Å². The largest absolute Gasteiger partial charge is 0.463 e. The molecule has 16 heavy (non-hydrogen) atoms. The minimum atomic E-state index is 0.671. The molecule has 5 heteroatoms. The zero-order valence-electron chi connectivity index (χ0n) is 8.77. The Hall–Kier alpha value is -1.36. The summed E-state index contributed by atoms with van der Waals surface area (Å²) in [5, 5.41) is 0. The molecule has 82 valence electrons. The van der Waals surface area contributed by atoms with Gasteiger partial charge in [0.25, 0.3) is 6.01 Å². The number of aryl methyl sites for hydroxylation is 1. The normalized spacial score (nSPS) is 13.6. The molecule has 2 aromatic rings. The van der Waals surface area contributed by atoms with Crippen molar-refractivity contribution in [2.24, 2.45) is 0 Å². The molecular formula is C11H10BrN3O. The summed E-state index contributed by atoms with van der Waals surface area (Å²) in [7, 11) is 0. The molecule has 1 aliphatic rings. The van der Waals surface area contributed by atoms with E-state index in [9.17, 15) is 0 Å². The van der Waals surface area contributed by atoms with Crippen molar-refractivity contribution in [1.29, 1.82) is 0 Å². The second kappa shape index (κ2) is 3.59. The molecule has 0 unspecified atom stereocenters. The lowest BCUT2D eigenvalue weighted by Crippen LogP contribution is -1.95. The molecule has 2 aromatic heterocycles. The van der Waals surface area contributed by atoms with Crippen molar-refractivity contribution in [3.63, 3.8) is 0 Å². The first-order chi connectivity index (χ1) is 7.75. The molecule has 3 heterocycles. The van der Waals surface area contributed by atoms with Crippen molar-refractivity contribution in [2.45, 2.75) is 13.5 Å². The predicted octanol–water partition coefficient (Wildman–Crippen LogP) is 2.41. The van der Waals surface area contributed by atoms with Crippen molar-refractivity contribution >= 4 is 15.9 Å². The smallest absolute Gasteiger partial charge is 0.298 e. The van der Waals surface area contributed by atoms with Crippen LogP contribution in [0.4, 0.5) is 0 Å². The van der Waals surface area contributed by atoms with E-state index in [1.54, 1.807) is 0 Å². The zero-order chi connectivity index (χ0) is 11.1. The molecule has 3 rings (SSSR count). The van der Waals surface area contributed by atoms with Crippen LogP contribution in [-0.2, 0) is 6.54 Å². The second-order valence-corrected chi connectivity index (χ2v) is 4.45. The van der Waals surface area contributed by atoms with Gasteiger partial charge < -0.3 is 4.74 Å². The number of nitrogens with zero attached hydrogens (tertiary/aromatic N) is 3. The molecule has 0 radical (unpaired) electrons. The predicted molar refractivity (Wildman–Crippen MR) is 63.4 cm³/mol. The molecule has 0 saturated carbocycles. The summed E-state index contributed by atoms with van der Waals surface area (Å²) >= 11 is 3.54. The molecule has 1 aliphatic heterocycles. The molecule has 0 amide bonds. The molecule has 0 bridgehead atoms. The summed E-state index contributed by atoms with van der Waals surface area (Å²) in [4.78, 5) is 8.89. The molecule has 0 aromatic carbocycles. The fourth-order valence-corrected chi connectivity index (χ4v) is 2.40. The average molecular weight is 280 g/mol. The standard InChI is InChI=1S/C11H10BrN3O/c1-7-3-2-4-8(13-7)9-10(12)15-5-6-16-11(15)14-9/h2-4H,5-6H2,1H3. The first-order valence-electron chi connectivity index (χ1n) is 5.08. The molecule has 0 aliphatic carbocycles. The first kappa shape index (κ1) is 9.84. The number of imidazole rings is 1. The zero-order valence-corrected chi connectivity index (χ0v) is 10.4. The van der Waals surface area contributed by atoms with Gasteiger partial charge in [0, 0.05) is 5.69 Å². The Balaban J connectivity index is 2.14. The van der Waals surface area contributed by atoms with E-state index in [1.165, 1.54) is 0 Å². The Morgan fingerprint density at radius 3 is 3.00 bits per heavy atom. The van der Waals surface area contributed by atoms with Crippen LogP contribution in [0.5, 0.6) is 6.01 Å². The van der Waals surface area contributed by atoms with Crippen molar-refractivity contribution in [3.05, 3.63) is 28.5 Å². The third-order valence-electron chi connectivity index (χ3n) is 2.55.